The maximum Gasteiger partial charge on any atom is 0.326 e. The standard InChI is InChI=1S/C21H20Cl3N5O/c22-14-5-8-16(9-6-14)28(21(30)25-15-7-10-17(23)18(24)12-15)13-19-26-20-4-2-1-3-11-29(20)27-19/h5-10,12H,1-4,11,13H2,(H,25,30). The van der Waals surface area contributed by atoms with Crippen LogP contribution in [-0.4, -0.2) is 20.8 Å². The monoisotopic (exact) mass is 463 g/mol. The Bertz CT molecular complexity index is 1030. The van der Waals surface area contributed by atoms with E-state index >= 15 is 0 Å². The summed E-state index contributed by atoms with van der Waals surface area (Å²) in [5.41, 5.74) is 1.23. The minimum atomic E-state index is -0.333. The summed E-state index contributed by atoms with van der Waals surface area (Å²) in [6.45, 7) is 1.09. The SMILES string of the molecule is O=C(Nc1ccc(Cl)c(Cl)c1)N(Cc1nc2n(n1)CCCCC2)c1ccc(Cl)cc1. The lowest BCUT2D eigenvalue weighted by Crippen LogP contribution is -2.35. The van der Waals surface area contributed by atoms with Crippen molar-refractivity contribution in [2.45, 2.75) is 38.8 Å². The first-order valence-electron chi connectivity index (χ1n) is 9.71. The summed E-state index contributed by atoms with van der Waals surface area (Å²) in [5, 5.41) is 8.88. The highest BCUT2D eigenvalue weighted by atomic mass is 35.5. The first-order chi connectivity index (χ1) is 14.5. The Morgan fingerprint density at radius 3 is 2.60 bits per heavy atom. The highest BCUT2D eigenvalue weighted by Gasteiger charge is 2.21. The summed E-state index contributed by atoms with van der Waals surface area (Å²) in [6.07, 6.45) is 4.29. The van der Waals surface area contributed by atoms with Crippen LogP contribution in [-0.2, 0) is 19.5 Å². The van der Waals surface area contributed by atoms with Gasteiger partial charge in [0.25, 0.3) is 0 Å². The zero-order valence-corrected chi connectivity index (χ0v) is 18.4. The van der Waals surface area contributed by atoms with Crippen molar-refractivity contribution in [3.8, 4) is 0 Å². The average molecular weight is 465 g/mol. The normalized spacial score (nSPS) is 13.4. The van der Waals surface area contributed by atoms with Gasteiger partial charge in [0.15, 0.2) is 5.82 Å². The Hall–Kier alpha value is -2.28. The molecule has 0 fully saturated rings. The number of fused-ring (bicyclic) bond motifs is 1. The molecule has 0 saturated heterocycles. The number of nitrogens with zero attached hydrogens (tertiary/aromatic N) is 4. The van der Waals surface area contributed by atoms with E-state index in [0.29, 0.717) is 32.3 Å². The number of carbonyl (C=O) groups excluding carboxylic acids is 1. The number of urea groups is 1. The number of halogens is 3. The van der Waals surface area contributed by atoms with Gasteiger partial charge in [-0.2, -0.15) is 5.10 Å². The molecule has 2 aromatic carbocycles. The van der Waals surface area contributed by atoms with Crippen molar-refractivity contribution in [2.75, 3.05) is 10.2 Å². The molecule has 4 rings (SSSR count). The van der Waals surface area contributed by atoms with Crippen molar-refractivity contribution in [3.63, 3.8) is 0 Å². The second-order valence-corrected chi connectivity index (χ2v) is 8.35. The van der Waals surface area contributed by atoms with Crippen LogP contribution in [0.1, 0.15) is 30.9 Å². The molecule has 0 aliphatic carbocycles. The highest BCUT2D eigenvalue weighted by molar-refractivity contribution is 6.42. The average Bonchev–Trinajstić information content (AvgIpc) is 2.98. The topological polar surface area (TPSA) is 63.1 Å². The number of aromatic nitrogens is 3. The van der Waals surface area contributed by atoms with E-state index in [0.717, 1.165) is 31.6 Å². The summed E-state index contributed by atoms with van der Waals surface area (Å²) in [7, 11) is 0. The molecule has 9 heteroatoms. The quantitative estimate of drug-likeness (QED) is 0.500. The lowest BCUT2D eigenvalue weighted by molar-refractivity contribution is 0.256. The molecule has 0 spiro atoms. The van der Waals surface area contributed by atoms with Gasteiger partial charge in [-0.1, -0.05) is 41.2 Å². The van der Waals surface area contributed by atoms with Crippen LogP contribution < -0.4 is 10.2 Å². The summed E-state index contributed by atoms with van der Waals surface area (Å²) >= 11 is 18.1. The molecule has 0 saturated carbocycles. The molecule has 30 heavy (non-hydrogen) atoms. The summed E-state index contributed by atoms with van der Waals surface area (Å²) < 4.78 is 1.96. The van der Waals surface area contributed by atoms with E-state index in [1.807, 2.05) is 4.68 Å². The van der Waals surface area contributed by atoms with E-state index in [1.54, 1.807) is 47.4 Å². The van der Waals surface area contributed by atoms with Gasteiger partial charge in [0.1, 0.15) is 5.82 Å². The maximum absolute atomic E-state index is 13.1. The molecule has 6 nitrogen and oxygen atoms in total. The van der Waals surface area contributed by atoms with E-state index in [1.165, 1.54) is 6.42 Å². The van der Waals surface area contributed by atoms with Crippen LogP contribution in [0.4, 0.5) is 16.2 Å². The fourth-order valence-electron chi connectivity index (χ4n) is 3.39. The zero-order chi connectivity index (χ0) is 21.1. The van der Waals surface area contributed by atoms with Gasteiger partial charge in [0.05, 0.1) is 16.6 Å². The van der Waals surface area contributed by atoms with Crippen LogP contribution in [0.2, 0.25) is 15.1 Å². The molecule has 1 N–H and O–H groups in total. The predicted octanol–water partition coefficient (Wildman–Crippen LogP) is 6.20. The van der Waals surface area contributed by atoms with Gasteiger partial charge >= 0.3 is 6.03 Å². The number of aryl methyl sites for hydroxylation is 2. The minimum Gasteiger partial charge on any atom is -0.307 e. The molecular weight excluding hydrogens is 445 g/mol. The Balaban J connectivity index is 1.60. The molecule has 3 aromatic rings. The Morgan fingerprint density at radius 1 is 1.03 bits per heavy atom. The molecule has 1 aromatic heterocycles. The zero-order valence-electron chi connectivity index (χ0n) is 16.1. The Morgan fingerprint density at radius 2 is 1.83 bits per heavy atom. The summed E-state index contributed by atoms with van der Waals surface area (Å²) in [4.78, 5) is 19.4. The van der Waals surface area contributed by atoms with Crippen LogP contribution in [0, 0.1) is 0 Å². The Labute approximate surface area is 189 Å². The third-order valence-corrected chi connectivity index (χ3v) is 5.91. The van der Waals surface area contributed by atoms with Crippen molar-refractivity contribution < 1.29 is 4.79 Å². The number of rotatable bonds is 4. The first kappa shape index (κ1) is 21.0. The lowest BCUT2D eigenvalue weighted by Gasteiger charge is -2.22. The molecule has 0 unspecified atom stereocenters. The fourth-order valence-corrected chi connectivity index (χ4v) is 3.81. The molecule has 1 aliphatic heterocycles. The number of nitrogens with one attached hydrogen (secondary N) is 1. The number of benzene rings is 2. The van der Waals surface area contributed by atoms with Crippen LogP contribution in [0.3, 0.4) is 0 Å². The van der Waals surface area contributed by atoms with Crippen molar-refractivity contribution >= 4 is 52.2 Å². The number of hydrogen-bond donors (Lipinski definition) is 1. The second kappa shape index (κ2) is 9.25. The number of hydrogen-bond acceptors (Lipinski definition) is 3. The number of amides is 2. The number of anilines is 2. The minimum absolute atomic E-state index is 0.231. The van der Waals surface area contributed by atoms with Gasteiger partial charge in [-0.05, 0) is 55.3 Å². The van der Waals surface area contributed by atoms with E-state index < -0.39 is 0 Å². The van der Waals surface area contributed by atoms with Gasteiger partial charge in [-0.15, -0.1) is 0 Å². The van der Waals surface area contributed by atoms with Gasteiger partial charge in [-0.3, -0.25) is 4.90 Å². The molecular formula is C21H20Cl3N5O. The lowest BCUT2D eigenvalue weighted by atomic mass is 10.2. The van der Waals surface area contributed by atoms with Crippen LogP contribution in [0.15, 0.2) is 42.5 Å². The molecule has 2 heterocycles. The predicted molar refractivity (Wildman–Crippen MR) is 121 cm³/mol. The smallest absolute Gasteiger partial charge is 0.307 e. The molecule has 156 valence electrons. The summed E-state index contributed by atoms with van der Waals surface area (Å²) in [6, 6.07) is 11.7. The molecule has 0 radical (unpaired) electrons. The van der Waals surface area contributed by atoms with Gasteiger partial charge < -0.3 is 5.32 Å². The molecule has 0 bridgehead atoms. The van der Waals surface area contributed by atoms with Gasteiger partial charge in [0, 0.05) is 29.4 Å². The largest absolute Gasteiger partial charge is 0.326 e. The second-order valence-electron chi connectivity index (χ2n) is 7.10. The number of carbonyl (C=O) groups is 1. The van der Waals surface area contributed by atoms with Crippen molar-refractivity contribution in [3.05, 3.63) is 69.2 Å². The van der Waals surface area contributed by atoms with Crippen molar-refractivity contribution in [2.24, 2.45) is 0 Å². The van der Waals surface area contributed by atoms with E-state index in [4.69, 9.17) is 34.8 Å². The van der Waals surface area contributed by atoms with E-state index in [-0.39, 0.29) is 12.6 Å². The molecule has 2 amide bonds. The van der Waals surface area contributed by atoms with Crippen LogP contribution in [0.25, 0.3) is 0 Å². The van der Waals surface area contributed by atoms with Crippen molar-refractivity contribution in [1.29, 1.82) is 0 Å². The Kier molecular flexibility index (Phi) is 6.46. The molecule has 1 aliphatic rings. The van der Waals surface area contributed by atoms with Crippen LogP contribution in [0.5, 0.6) is 0 Å². The first-order valence-corrected chi connectivity index (χ1v) is 10.8. The molecule has 0 atom stereocenters. The highest BCUT2D eigenvalue weighted by Crippen LogP contribution is 2.26. The third kappa shape index (κ3) is 4.89. The summed E-state index contributed by atoms with van der Waals surface area (Å²) in [5.74, 6) is 1.58. The fraction of sp³-hybridized carbons (Fsp3) is 0.286. The van der Waals surface area contributed by atoms with E-state index in [9.17, 15) is 4.79 Å². The van der Waals surface area contributed by atoms with Gasteiger partial charge in [0.2, 0.25) is 0 Å². The van der Waals surface area contributed by atoms with Crippen molar-refractivity contribution in [1.82, 2.24) is 14.8 Å². The van der Waals surface area contributed by atoms with E-state index in [2.05, 4.69) is 15.4 Å². The van der Waals surface area contributed by atoms with Gasteiger partial charge in [-0.25, -0.2) is 14.5 Å². The third-order valence-electron chi connectivity index (χ3n) is 4.92. The van der Waals surface area contributed by atoms with Crippen LogP contribution >= 0.6 is 34.8 Å². The maximum atomic E-state index is 13.1.